The van der Waals surface area contributed by atoms with Crippen LogP contribution in [0, 0.1) is 0 Å². The van der Waals surface area contributed by atoms with Gasteiger partial charge in [-0.05, 0) is 35.4 Å². The zero-order valence-electron chi connectivity index (χ0n) is 15.6. The molecule has 3 heterocycles. The van der Waals surface area contributed by atoms with E-state index in [0.717, 1.165) is 0 Å². The lowest BCUT2D eigenvalue weighted by Gasteiger charge is -2.05. The fraction of sp³-hybridized carbons (Fsp3) is 0. The summed E-state index contributed by atoms with van der Waals surface area (Å²) < 4.78 is 5.15. The van der Waals surface area contributed by atoms with Crippen LogP contribution in [0.4, 0.5) is 0 Å². The smallest absolute Gasteiger partial charge is 0.0711 e. The Balaban J connectivity index is 1.66. The molecule has 0 saturated carbocycles. The summed E-state index contributed by atoms with van der Waals surface area (Å²) in [6.45, 7) is 0. The quantitative estimate of drug-likeness (QED) is 0.278. The molecular weight excluding hydrogens is 390 g/mol. The Labute approximate surface area is 177 Å². The third kappa shape index (κ3) is 2.74. The number of nitrogens with zero attached hydrogens (tertiary/aromatic N) is 1. The summed E-state index contributed by atoms with van der Waals surface area (Å²) in [5.74, 6) is 0. The van der Waals surface area contributed by atoms with Crippen molar-refractivity contribution in [1.82, 2.24) is 4.57 Å². The van der Waals surface area contributed by atoms with Crippen molar-refractivity contribution < 1.29 is 0 Å². The zero-order chi connectivity index (χ0) is 19.2. The van der Waals surface area contributed by atoms with Gasteiger partial charge in [-0.15, -0.1) is 22.7 Å². The van der Waals surface area contributed by atoms with Gasteiger partial charge in [0.15, 0.2) is 0 Å². The van der Waals surface area contributed by atoms with Gasteiger partial charge >= 0.3 is 0 Å². The molecule has 0 N–H and O–H groups in total. The highest BCUT2D eigenvalue weighted by Gasteiger charge is 2.19. The molecule has 0 radical (unpaired) electrons. The number of fused-ring (bicyclic) bond motifs is 3. The van der Waals surface area contributed by atoms with Crippen molar-refractivity contribution in [3.8, 4) is 26.6 Å². The Morgan fingerprint density at radius 3 is 1.34 bits per heavy atom. The predicted molar refractivity (Wildman–Crippen MR) is 127 cm³/mol. The van der Waals surface area contributed by atoms with Crippen molar-refractivity contribution in [1.29, 1.82) is 0 Å². The van der Waals surface area contributed by atoms with Gasteiger partial charge in [-0.25, -0.2) is 0 Å². The van der Waals surface area contributed by atoms with E-state index in [0.29, 0.717) is 0 Å². The van der Waals surface area contributed by atoms with E-state index in [-0.39, 0.29) is 0 Å². The molecule has 0 atom stereocenters. The number of rotatable bonds is 3. The first-order valence-electron chi connectivity index (χ1n) is 9.62. The topological polar surface area (TPSA) is 4.93 Å². The molecule has 0 fully saturated rings. The van der Waals surface area contributed by atoms with Crippen LogP contribution < -0.4 is 0 Å². The van der Waals surface area contributed by atoms with Crippen LogP contribution in [-0.2, 0) is 0 Å². The average molecular weight is 408 g/mol. The number of aromatic nitrogens is 1. The number of hydrogen-bond donors (Lipinski definition) is 0. The molecule has 29 heavy (non-hydrogen) atoms. The minimum Gasteiger partial charge on any atom is -0.307 e. The minimum absolute atomic E-state index is 1.21. The summed E-state index contributed by atoms with van der Waals surface area (Å²) >= 11 is 3.79. The van der Waals surface area contributed by atoms with E-state index >= 15 is 0 Å². The summed E-state index contributed by atoms with van der Waals surface area (Å²) in [5.41, 5.74) is 6.35. The molecule has 3 aromatic heterocycles. The molecule has 0 unspecified atom stereocenters. The molecule has 6 aromatic rings. The highest BCUT2D eigenvalue weighted by Crippen LogP contribution is 2.46. The van der Waals surface area contributed by atoms with E-state index in [1.165, 1.54) is 47.0 Å². The third-order valence-corrected chi connectivity index (χ3v) is 7.75. The maximum atomic E-state index is 2.41. The van der Waals surface area contributed by atoms with Crippen LogP contribution in [-0.4, -0.2) is 4.57 Å². The monoisotopic (exact) mass is 407 g/mol. The van der Waals surface area contributed by atoms with E-state index in [1.807, 2.05) is 22.7 Å². The van der Waals surface area contributed by atoms with E-state index in [2.05, 4.69) is 108 Å². The summed E-state index contributed by atoms with van der Waals surface area (Å²) in [5, 5.41) is 0. The summed E-state index contributed by atoms with van der Waals surface area (Å²) in [6, 6.07) is 36.7. The van der Waals surface area contributed by atoms with Gasteiger partial charge in [-0.2, -0.15) is 0 Å². The second-order valence-corrected chi connectivity index (χ2v) is 9.16. The second-order valence-electron chi connectivity index (χ2n) is 7.05. The van der Waals surface area contributed by atoms with Crippen molar-refractivity contribution in [3.63, 3.8) is 0 Å². The van der Waals surface area contributed by atoms with Gasteiger partial charge in [0.05, 0.1) is 20.4 Å². The van der Waals surface area contributed by atoms with Crippen molar-refractivity contribution in [2.75, 3.05) is 0 Å². The van der Waals surface area contributed by atoms with E-state index < -0.39 is 0 Å². The highest BCUT2D eigenvalue weighted by molar-refractivity contribution is 7.30. The van der Waals surface area contributed by atoms with Crippen LogP contribution in [0.3, 0.4) is 0 Å². The van der Waals surface area contributed by atoms with Gasteiger partial charge < -0.3 is 4.57 Å². The molecule has 0 saturated heterocycles. The number of para-hydroxylation sites is 1. The molecule has 0 aliphatic rings. The van der Waals surface area contributed by atoms with Gasteiger partial charge in [0.1, 0.15) is 0 Å². The van der Waals surface area contributed by atoms with Crippen LogP contribution in [0.15, 0.2) is 103 Å². The van der Waals surface area contributed by atoms with Crippen LogP contribution in [0.25, 0.3) is 47.0 Å². The Bertz CT molecular complexity index is 1330. The molecular formula is C26H17NS2. The highest BCUT2D eigenvalue weighted by atomic mass is 32.1. The minimum atomic E-state index is 1.21. The van der Waals surface area contributed by atoms with Crippen LogP contribution in [0.5, 0.6) is 0 Å². The van der Waals surface area contributed by atoms with E-state index in [4.69, 9.17) is 0 Å². The van der Waals surface area contributed by atoms with Gasteiger partial charge in [0, 0.05) is 15.4 Å². The van der Waals surface area contributed by atoms with Crippen LogP contribution >= 0.6 is 22.7 Å². The first-order chi connectivity index (χ1) is 14.4. The van der Waals surface area contributed by atoms with Crippen LogP contribution in [0.2, 0.25) is 0 Å². The Morgan fingerprint density at radius 1 is 0.483 bits per heavy atom. The molecule has 0 amide bonds. The first-order valence-corrected chi connectivity index (χ1v) is 11.3. The molecule has 3 aromatic carbocycles. The lowest BCUT2D eigenvalue weighted by Crippen LogP contribution is -1.91. The molecule has 1 nitrogen and oxygen atoms in total. The van der Waals surface area contributed by atoms with Gasteiger partial charge in [-0.3, -0.25) is 0 Å². The lowest BCUT2D eigenvalue weighted by atomic mass is 10.2. The Kier molecular flexibility index (Phi) is 3.89. The zero-order valence-corrected chi connectivity index (χ0v) is 17.2. The standard InChI is InChI=1S/C26H17NS2/c1-4-10-18(11-5-1)23-16-21-25(28-23)26-22(27(21)20-14-8-3-9-15-20)17-24(29-26)19-12-6-2-7-13-19/h1-17H. The second kappa shape index (κ2) is 6.73. The van der Waals surface area contributed by atoms with Gasteiger partial charge in [0.2, 0.25) is 0 Å². The molecule has 6 rings (SSSR count). The van der Waals surface area contributed by atoms with Crippen molar-refractivity contribution >= 4 is 43.1 Å². The average Bonchev–Trinajstić information content (AvgIpc) is 3.46. The molecule has 138 valence electrons. The fourth-order valence-electron chi connectivity index (χ4n) is 3.89. The predicted octanol–water partition coefficient (Wildman–Crippen LogP) is 8.24. The molecule has 0 aliphatic heterocycles. The van der Waals surface area contributed by atoms with Crippen LogP contribution in [0.1, 0.15) is 0 Å². The summed E-state index contributed by atoms with van der Waals surface area (Å²) in [7, 11) is 0. The lowest BCUT2D eigenvalue weighted by molar-refractivity contribution is 1.19. The summed E-state index contributed by atoms with van der Waals surface area (Å²) in [4.78, 5) is 2.63. The number of benzene rings is 3. The molecule has 3 heteroatoms. The van der Waals surface area contributed by atoms with E-state index in [9.17, 15) is 0 Å². The van der Waals surface area contributed by atoms with Crippen molar-refractivity contribution in [2.45, 2.75) is 0 Å². The van der Waals surface area contributed by atoms with E-state index in [1.54, 1.807) is 0 Å². The van der Waals surface area contributed by atoms with Crippen molar-refractivity contribution in [3.05, 3.63) is 103 Å². The largest absolute Gasteiger partial charge is 0.307 e. The maximum Gasteiger partial charge on any atom is 0.0711 e. The van der Waals surface area contributed by atoms with Gasteiger partial charge in [0.25, 0.3) is 0 Å². The maximum absolute atomic E-state index is 2.41. The Morgan fingerprint density at radius 2 is 0.897 bits per heavy atom. The van der Waals surface area contributed by atoms with Crippen molar-refractivity contribution in [2.24, 2.45) is 0 Å². The number of thiophene rings is 2. The molecule has 0 aliphatic carbocycles. The normalized spacial score (nSPS) is 11.4. The molecule has 0 spiro atoms. The van der Waals surface area contributed by atoms with Gasteiger partial charge in [-0.1, -0.05) is 78.9 Å². The fourth-order valence-corrected chi connectivity index (χ4v) is 6.34. The number of hydrogen-bond acceptors (Lipinski definition) is 2. The summed E-state index contributed by atoms with van der Waals surface area (Å²) in [6.07, 6.45) is 0. The molecule has 0 bridgehead atoms. The Hall–Kier alpha value is -3.14. The first kappa shape index (κ1) is 16.8. The SMILES string of the molecule is c1ccc(-c2cc3c(s2)c2sc(-c4ccccc4)cc2n3-c2ccccc2)cc1. The third-order valence-electron chi connectivity index (χ3n) is 5.24.